The molecule has 1 saturated carbocycles. The van der Waals surface area contributed by atoms with Crippen molar-refractivity contribution in [3.05, 3.63) is 12.4 Å². The predicted octanol–water partition coefficient (Wildman–Crippen LogP) is 3.07. The molecule has 1 aliphatic rings. The molecular weight excluding hydrogens is 224 g/mol. The van der Waals surface area contributed by atoms with Crippen LogP contribution in [-0.4, -0.2) is 29.1 Å². The molecular formula is C14H24N4. The lowest BCUT2D eigenvalue weighted by Gasteiger charge is -2.24. The SMILES string of the molecule is CCN(CC)c1cc(NC2CCCCC2)ncn1. The van der Waals surface area contributed by atoms with Crippen LogP contribution in [0.25, 0.3) is 0 Å². The number of nitrogens with one attached hydrogen (secondary N) is 1. The molecule has 18 heavy (non-hydrogen) atoms. The lowest BCUT2D eigenvalue weighted by molar-refractivity contribution is 0.462. The Balaban J connectivity index is 2.01. The van der Waals surface area contributed by atoms with Gasteiger partial charge in [0.1, 0.15) is 18.0 Å². The first-order valence-electron chi connectivity index (χ1n) is 7.17. The van der Waals surface area contributed by atoms with Crippen molar-refractivity contribution >= 4 is 11.6 Å². The third-order valence-electron chi connectivity index (χ3n) is 3.70. The van der Waals surface area contributed by atoms with Crippen molar-refractivity contribution in [2.24, 2.45) is 0 Å². The first-order valence-corrected chi connectivity index (χ1v) is 7.17. The average Bonchev–Trinajstić information content (AvgIpc) is 2.42. The Morgan fingerprint density at radius 1 is 1.17 bits per heavy atom. The summed E-state index contributed by atoms with van der Waals surface area (Å²) in [6, 6.07) is 2.67. The summed E-state index contributed by atoms with van der Waals surface area (Å²) in [5, 5.41) is 3.55. The van der Waals surface area contributed by atoms with Crippen LogP contribution in [0.4, 0.5) is 11.6 Å². The monoisotopic (exact) mass is 248 g/mol. The van der Waals surface area contributed by atoms with Gasteiger partial charge in [0, 0.05) is 25.2 Å². The number of hydrogen-bond acceptors (Lipinski definition) is 4. The standard InChI is InChI=1S/C14H24N4/c1-3-18(4-2)14-10-13(15-11-16-14)17-12-8-6-5-7-9-12/h10-12H,3-9H2,1-2H3,(H,15,16,17). The number of nitrogens with zero attached hydrogens (tertiary/aromatic N) is 3. The molecule has 1 aliphatic carbocycles. The summed E-state index contributed by atoms with van der Waals surface area (Å²) in [6.45, 7) is 6.27. The van der Waals surface area contributed by atoms with E-state index in [1.807, 2.05) is 0 Å². The fourth-order valence-electron chi connectivity index (χ4n) is 2.60. The van der Waals surface area contributed by atoms with E-state index in [1.165, 1.54) is 32.1 Å². The maximum absolute atomic E-state index is 4.35. The molecule has 1 fully saturated rings. The minimum Gasteiger partial charge on any atom is -0.367 e. The molecule has 4 nitrogen and oxygen atoms in total. The fraction of sp³-hybridized carbons (Fsp3) is 0.714. The first kappa shape index (κ1) is 13.1. The Bertz CT molecular complexity index is 357. The van der Waals surface area contributed by atoms with Crippen LogP contribution in [-0.2, 0) is 0 Å². The normalized spacial score (nSPS) is 16.6. The minimum absolute atomic E-state index is 0.596. The average molecular weight is 248 g/mol. The van der Waals surface area contributed by atoms with Crippen LogP contribution in [0.5, 0.6) is 0 Å². The fourth-order valence-corrected chi connectivity index (χ4v) is 2.60. The van der Waals surface area contributed by atoms with Gasteiger partial charge in [-0.05, 0) is 26.7 Å². The largest absolute Gasteiger partial charge is 0.367 e. The van der Waals surface area contributed by atoms with Gasteiger partial charge in [-0.25, -0.2) is 9.97 Å². The van der Waals surface area contributed by atoms with Crippen LogP contribution in [0.1, 0.15) is 46.0 Å². The van der Waals surface area contributed by atoms with Crippen LogP contribution in [0.15, 0.2) is 12.4 Å². The Labute approximate surface area is 110 Å². The van der Waals surface area contributed by atoms with Crippen molar-refractivity contribution in [3.63, 3.8) is 0 Å². The van der Waals surface area contributed by atoms with Gasteiger partial charge in [0.05, 0.1) is 0 Å². The number of rotatable bonds is 5. The molecule has 0 atom stereocenters. The van der Waals surface area contributed by atoms with E-state index >= 15 is 0 Å². The van der Waals surface area contributed by atoms with Crippen LogP contribution in [0.2, 0.25) is 0 Å². The summed E-state index contributed by atoms with van der Waals surface area (Å²) in [5.74, 6) is 1.99. The van der Waals surface area contributed by atoms with Gasteiger partial charge in [-0.15, -0.1) is 0 Å². The molecule has 100 valence electrons. The molecule has 0 amide bonds. The third kappa shape index (κ3) is 3.34. The summed E-state index contributed by atoms with van der Waals surface area (Å²) in [7, 11) is 0. The molecule has 1 N–H and O–H groups in total. The van der Waals surface area contributed by atoms with Crippen molar-refractivity contribution in [2.75, 3.05) is 23.3 Å². The van der Waals surface area contributed by atoms with Crippen LogP contribution in [0, 0.1) is 0 Å². The molecule has 1 aromatic heterocycles. The Hall–Kier alpha value is -1.32. The molecule has 0 aliphatic heterocycles. The van der Waals surface area contributed by atoms with E-state index in [4.69, 9.17) is 0 Å². The second-order valence-corrected chi connectivity index (χ2v) is 4.91. The van der Waals surface area contributed by atoms with Crippen molar-refractivity contribution in [2.45, 2.75) is 52.0 Å². The second kappa shape index (κ2) is 6.57. The van der Waals surface area contributed by atoms with E-state index in [1.54, 1.807) is 6.33 Å². The highest BCUT2D eigenvalue weighted by atomic mass is 15.2. The zero-order valence-corrected chi connectivity index (χ0v) is 11.5. The molecule has 1 heterocycles. The quantitative estimate of drug-likeness (QED) is 0.869. The summed E-state index contributed by atoms with van der Waals surface area (Å²) < 4.78 is 0. The molecule has 0 aromatic carbocycles. The van der Waals surface area contributed by atoms with E-state index < -0.39 is 0 Å². The third-order valence-corrected chi connectivity index (χ3v) is 3.70. The van der Waals surface area contributed by atoms with Gasteiger partial charge in [-0.3, -0.25) is 0 Å². The molecule has 0 unspecified atom stereocenters. The lowest BCUT2D eigenvalue weighted by atomic mass is 9.95. The van der Waals surface area contributed by atoms with E-state index in [-0.39, 0.29) is 0 Å². The summed E-state index contributed by atoms with van der Waals surface area (Å²) in [5.41, 5.74) is 0. The Morgan fingerprint density at radius 2 is 1.89 bits per heavy atom. The Kier molecular flexibility index (Phi) is 4.79. The van der Waals surface area contributed by atoms with Crippen molar-refractivity contribution in [3.8, 4) is 0 Å². The van der Waals surface area contributed by atoms with Crippen molar-refractivity contribution in [1.82, 2.24) is 9.97 Å². The molecule has 0 radical (unpaired) electrons. The van der Waals surface area contributed by atoms with E-state index in [2.05, 4.69) is 40.1 Å². The number of anilines is 2. The van der Waals surface area contributed by atoms with Gasteiger partial charge in [0.25, 0.3) is 0 Å². The van der Waals surface area contributed by atoms with Crippen LogP contribution < -0.4 is 10.2 Å². The Morgan fingerprint density at radius 3 is 2.56 bits per heavy atom. The second-order valence-electron chi connectivity index (χ2n) is 4.91. The van der Waals surface area contributed by atoms with Crippen LogP contribution >= 0.6 is 0 Å². The topological polar surface area (TPSA) is 41.0 Å². The molecule has 0 saturated heterocycles. The molecule has 1 aromatic rings. The first-order chi connectivity index (χ1) is 8.83. The number of hydrogen-bond donors (Lipinski definition) is 1. The van der Waals surface area contributed by atoms with Crippen molar-refractivity contribution in [1.29, 1.82) is 0 Å². The zero-order valence-electron chi connectivity index (χ0n) is 11.5. The summed E-state index contributed by atoms with van der Waals surface area (Å²) in [4.78, 5) is 10.9. The molecule has 4 heteroatoms. The lowest BCUT2D eigenvalue weighted by Crippen LogP contribution is -2.25. The maximum atomic E-state index is 4.35. The predicted molar refractivity (Wildman–Crippen MR) is 76.1 cm³/mol. The van der Waals surface area contributed by atoms with Gasteiger partial charge in [0.2, 0.25) is 0 Å². The van der Waals surface area contributed by atoms with Gasteiger partial charge in [0.15, 0.2) is 0 Å². The van der Waals surface area contributed by atoms with Gasteiger partial charge < -0.3 is 10.2 Å². The molecule has 0 spiro atoms. The highest BCUT2D eigenvalue weighted by molar-refractivity contribution is 5.48. The zero-order chi connectivity index (χ0) is 12.8. The highest BCUT2D eigenvalue weighted by Gasteiger charge is 2.14. The van der Waals surface area contributed by atoms with E-state index in [0.29, 0.717) is 6.04 Å². The maximum Gasteiger partial charge on any atom is 0.134 e. The minimum atomic E-state index is 0.596. The highest BCUT2D eigenvalue weighted by Crippen LogP contribution is 2.22. The number of aromatic nitrogens is 2. The summed E-state index contributed by atoms with van der Waals surface area (Å²) in [6.07, 6.45) is 8.26. The van der Waals surface area contributed by atoms with Gasteiger partial charge >= 0.3 is 0 Å². The van der Waals surface area contributed by atoms with E-state index in [0.717, 1.165) is 24.7 Å². The molecule has 0 bridgehead atoms. The smallest absolute Gasteiger partial charge is 0.134 e. The van der Waals surface area contributed by atoms with E-state index in [9.17, 15) is 0 Å². The van der Waals surface area contributed by atoms with Gasteiger partial charge in [-0.1, -0.05) is 19.3 Å². The van der Waals surface area contributed by atoms with Crippen LogP contribution in [0.3, 0.4) is 0 Å². The molecule has 2 rings (SSSR count). The van der Waals surface area contributed by atoms with Gasteiger partial charge in [-0.2, -0.15) is 0 Å². The summed E-state index contributed by atoms with van der Waals surface area (Å²) >= 11 is 0. The van der Waals surface area contributed by atoms with Crippen molar-refractivity contribution < 1.29 is 0 Å².